The summed E-state index contributed by atoms with van der Waals surface area (Å²) in [5.74, 6) is 1.62. The molecule has 2 heterocycles. The Morgan fingerprint density at radius 2 is 2.07 bits per heavy atom. The molecule has 0 spiro atoms. The van der Waals surface area contributed by atoms with Crippen molar-refractivity contribution < 1.29 is 9.26 Å². The van der Waals surface area contributed by atoms with Crippen LogP contribution in [0.2, 0.25) is 5.02 Å². The van der Waals surface area contributed by atoms with Crippen LogP contribution in [-0.4, -0.2) is 25.8 Å². The van der Waals surface area contributed by atoms with Crippen molar-refractivity contribution in [1.82, 2.24) is 19.7 Å². The molecule has 0 fully saturated rings. The standard InChI is InChI=1S/C21H18BrClN4O2/c1-13(2)28-19-6-4-15(10-17(19)22)21-25-20(26-29-21)16-5-3-14(9-18(16)23)11-27-8-7-24-12-27/h3-10,12-13H,11H2,1-2H3. The van der Waals surface area contributed by atoms with E-state index in [0.29, 0.717) is 23.3 Å². The molecular formula is C21H18BrClN4O2. The Bertz CT molecular complexity index is 1130. The normalized spacial score (nSPS) is 11.2. The predicted molar refractivity (Wildman–Crippen MR) is 115 cm³/mol. The van der Waals surface area contributed by atoms with E-state index in [2.05, 4.69) is 31.1 Å². The van der Waals surface area contributed by atoms with Crippen molar-refractivity contribution in [3.63, 3.8) is 0 Å². The second kappa shape index (κ2) is 8.39. The van der Waals surface area contributed by atoms with Crippen molar-refractivity contribution in [1.29, 1.82) is 0 Å². The molecular weight excluding hydrogens is 456 g/mol. The number of benzene rings is 2. The van der Waals surface area contributed by atoms with Gasteiger partial charge in [0.1, 0.15) is 5.75 Å². The van der Waals surface area contributed by atoms with Crippen molar-refractivity contribution >= 4 is 27.5 Å². The first-order valence-corrected chi connectivity index (χ1v) is 10.2. The van der Waals surface area contributed by atoms with Gasteiger partial charge < -0.3 is 13.8 Å². The van der Waals surface area contributed by atoms with E-state index in [9.17, 15) is 0 Å². The smallest absolute Gasteiger partial charge is 0.258 e. The summed E-state index contributed by atoms with van der Waals surface area (Å²) in [6, 6.07) is 11.5. The summed E-state index contributed by atoms with van der Waals surface area (Å²) >= 11 is 10.0. The van der Waals surface area contributed by atoms with Gasteiger partial charge in [0.15, 0.2) is 0 Å². The summed E-state index contributed by atoms with van der Waals surface area (Å²) in [4.78, 5) is 8.56. The third-order valence-electron chi connectivity index (χ3n) is 4.17. The minimum Gasteiger partial charge on any atom is -0.490 e. The van der Waals surface area contributed by atoms with Gasteiger partial charge in [-0.3, -0.25) is 0 Å². The molecule has 8 heteroatoms. The highest BCUT2D eigenvalue weighted by Gasteiger charge is 2.15. The van der Waals surface area contributed by atoms with Gasteiger partial charge in [0.2, 0.25) is 5.82 Å². The molecule has 0 aliphatic carbocycles. The average Bonchev–Trinajstić information content (AvgIpc) is 3.35. The van der Waals surface area contributed by atoms with Gasteiger partial charge >= 0.3 is 0 Å². The van der Waals surface area contributed by atoms with Gasteiger partial charge in [-0.25, -0.2) is 4.98 Å². The Morgan fingerprint density at radius 3 is 2.76 bits per heavy atom. The second-order valence-corrected chi connectivity index (χ2v) is 8.05. The summed E-state index contributed by atoms with van der Waals surface area (Å²) < 4.78 is 14.0. The molecule has 0 saturated carbocycles. The van der Waals surface area contributed by atoms with Crippen LogP contribution in [0.4, 0.5) is 0 Å². The van der Waals surface area contributed by atoms with Crippen LogP contribution in [0.3, 0.4) is 0 Å². The van der Waals surface area contributed by atoms with Crippen LogP contribution in [0.5, 0.6) is 5.75 Å². The molecule has 0 radical (unpaired) electrons. The Hall–Kier alpha value is -2.64. The van der Waals surface area contributed by atoms with Crippen LogP contribution in [0.15, 0.2) is 64.1 Å². The molecule has 0 saturated heterocycles. The first-order chi connectivity index (χ1) is 14.0. The Kier molecular flexibility index (Phi) is 5.69. The lowest BCUT2D eigenvalue weighted by atomic mass is 10.1. The lowest BCUT2D eigenvalue weighted by Gasteiger charge is -2.11. The zero-order valence-corrected chi connectivity index (χ0v) is 18.2. The number of rotatable bonds is 6. The molecule has 0 aliphatic heterocycles. The van der Waals surface area contributed by atoms with E-state index in [4.69, 9.17) is 20.9 Å². The van der Waals surface area contributed by atoms with Gasteiger partial charge in [-0.2, -0.15) is 4.98 Å². The molecule has 4 aromatic rings. The van der Waals surface area contributed by atoms with Crippen molar-refractivity contribution in [2.24, 2.45) is 0 Å². The fourth-order valence-corrected chi connectivity index (χ4v) is 3.62. The number of imidazole rings is 1. The molecule has 0 aliphatic rings. The number of hydrogen-bond acceptors (Lipinski definition) is 5. The predicted octanol–water partition coefficient (Wildman–Crippen LogP) is 5.85. The van der Waals surface area contributed by atoms with Crippen LogP contribution in [0, 0.1) is 0 Å². The van der Waals surface area contributed by atoms with E-state index in [1.54, 1.807) is 12.5 Å². The van der Waals surface area contributed by atoms with Crippen LogP contribution < -0.4 is 4.74 Å². The van der Waals surface area contributed by atoms with Crippen LogP contribution >= 0.6 is 27.5 Å². The largest absolute Gasteiger partial charge is 0.490 e. The third kappa shape index (κ3) is 4.52. The molecule has 6 nitrogen and oxygen atoms in total. The van der Waals surface area contributed by atoms with Gasteiger partial charge in [-0.05, 0) is 65.7 Å². The van der Waals surface area contributed by atoms with E-state index >= 15 is 0 Å². The molecule has 2 aromatic heterocycles. The van der Waals surface area contributed by atoms with Gasteiger partial charge in [0.25, 0.3) is 5.89 Å². The Balaban J connectivity index is 1.56. The molecule has 4 rings (SSSR count). The molecule has 29 heavy (non-hydrogen) atoms. The average molecular weight is 474 g/mol. The lowest BCUT2D eigenvalue weighted by Crippen LogP contribution is -2.05. The summed E-state index contributed by atoms with van der Waals surface area (Å²) in [5.41, 5.74) is 2.57. The Labute approximate surface area is 181 Å². The van der Waals surface area contributed by atoms with Gasteiger partial charge in [0.05, 0.1) is 21.9 Å². The molecule has 0 N–H and O–H groups in total. The Morgan fingerprint density at radius 1 is 1.21 bits per heavy atom. The highest BCUT2D eigenvalue weighted by Crippen LogP contribution is 2.33. The zero-order valence-electron chi connectivity index (χ0n) is 15.8. The third-order valence-corrected chi connectivity index (χ3v) is 5.10. The summed E-state index contributed by atoms with van der Waals surface area (Å²) in [6.07, 6.45) is 5.51. The number of nitrogens with zero attached hydrogens (tertiary/aromatic N) is 4. The minimum absolute atomic E-state index is 0.0889. The number of aromatic nitrogens is 4. The number of ether oxygens (including phenoxy) is 1. The topological polar surface area (TPSA) is 66.0 Å². The maximum Gasteiger partial charge on any atom is 0.258 e. The highest BCUT2D eigenvalue weighted by molar-refractivity contribution is 9.10. The molecule has 0 bridgehead atoms. The maximum atomic E-state index is 6.48. The number of hydrogen-bond donors (Lipinski definition) is 0. The summed E-state index contributed by atoms with van der Waals surface area (Å²) in [5, 5.41) is 4.66. The quantitative estimate of drug-likeness (QED) is 0.351. The second-order valence-electron chi connectivity index (χ2n) is 6.78. The molecule has 0 unspecified atom stereocenters. The van der Waals surface area contributed by atoms with Crippen molar-refractivity contribution in [3.05, 3.63) is 70.2 Å². The highest BCUT2D eigenvalue weighted by atomic mass is 79.9. The fraction of sp³-hybridized carbons (Fsp3) is 0.190. The van der Waals surface area contributed by atoms with Gasteiger partial charge in [0, 0.05) is 30.1 Å². The maximum absolute atomic E-state index is 6.48. The lowest BCUT2D eigenvalue weighted by molar-refractivity contribution is 0.241. The summed E-state index contributed by atoms with van der Waals surface area (Å²) in [6.45, 7) is 4.65. The van der Waals surface area contributed by atoms with Crippen LogP contribution in [0.25, 0.3) is 22.8 Å². The number of halogens is 2. The molecule has 2 aromatic carbocycles. The van der Waals surface area contributed by atoms with Crippen molar-refractivity contribution in [2.75, 3.05) is 0 Å². The van der Waals surface area contributed by atoms with Crippen LogP contribution in [0.1, 0.15) is 19.4 Å². The van der Waals surface area contributed by atoms with Crippen LogP contribution in [-0.2, 0) is 6.54 Å². The van der Waals surface area contributed by atoms with Gasteiger partial charge in [-0.15, -0.1) is 0 Å². The monoisotopic (exact) mass is 472 g/mol. The van der Waals surface area contributed by atoms with E-state index in [1.165, 1.54) is 0 Å². The summed E-state index contributed by atoms with van der Waals surface area (Å²) in [7, 11) is 0. The first-order valence-electron chi connectivity index (χ1n) is 9.04. The van der Waals surface area contributed by atoms with E-state index in [1.807, 2.05) is 61.0 Å². The van der Waals surface area contributed by atoms with Gasteiger partial charge in [-0.1, -0.05) is 22.8 Å². The van der Waals surface area contributed by atoms with E-state index in [0.717, 1.165) is 26.9 Å². The SMILES string of the molecule is CC(C)Oc1ccc(-c2nc(-c3ccc(Cn4ccnc4)cc3Cl)no2)cc1Br. The van der Waals surface area contributed by atoms with Crippen molar-refractivity contribution in [3.8, 4) is 28.6 Å². The van der Waals surface area contributed by atoms with E-state index in [-0.39, 0.29) is 6.10 Å². The van der Waals surface area contributed by atoms with E-state index < -0.39 is 0 Å². The zero-order chi connectivity index (χ0) is 20.4. The first kappa shape index (κ1) is 19.7. The molecule has 148 valence electrons. The molecule has 0 atom stereocenters. The van der Waals surface area contributed by atoms with Crippen molar-refractivity contribution in [2.45, 2.75) is 26.5 Å². The fourth-order valence-electron chi connectivity index (χ4n) is 2.86. The minimum atomic E-state index is 0.0889. The molecule has 0 amide bonds.